The smallest absolute Gasteiger partial charge is 0.367 e. The van der Waals surface area contributed by atoms with Gasteiger partial charge in [0.15, 0.2) is 0 Å². The SMILES string of the molecule is CSC(=O)OCc1ccc(NC(=O)CCCCN(C(N)=O)C2CC/C(NCCOCCOCCOCCOCCC(=O)NCCS(=O)(=O)O)=C(/NN)C(OCC(=O)NCCCC[C@@H](NC(=O)CCOCCOCCOCCOCCCC(=O)NCC(=O)N3Cc4ccccc4-c4c(nnn4C(C)C)-c4ccccc43)C(=O)N[C@H](C(N)=O)C(C)C)CC2)cc1. The number of anilines is 2. The van der Waals surface area contributed by atoms with Gasteiger partial charge in [0.2, 0.25) is 47.3 Å². The lowest BCUT2D eigenvalue weighted by atomic mass is 9.94. The number of carbonyl (C=O) groups excluding carboxylic acids is 10. The summed E-state index contributed by atoms with van der Waals surface area (Å²) in [6.07, 6.45) is 4.83. The van der Waals surface area contributed by atoms with Crippen molar-refractivity contribution in [3.8, 4) is 22.5 Å². The zero-order valence-electron chi connectivity index (χ0n) is 71.2. The first kappa shape index (κ1) is 102. The molecule has 2 heterocycles. The number of benzene rings is 3. The van der Waals surface area contributed by atoms with Crippen molar-refractivity contribution in [3.05, 3.63) is 95.3 Å². The van der Waals surface area contributed by atoms with Gasteiger partial charge in [-0.15, -0.1) is 5.10 Å². The van der Waals surface area contributed by atoms with Gasteiger partial charge in [0.05, 0.1) is 135 Å². The van der Waals surface area contributed by atoms with Gasteiger partial charge >= 0.3 is 11.3 Å². The number of para-hydroxylation sites is 1. The molecule has 10 amide bonds. The van der Waals surface area contributed by atoms with Crippen molar-refractivity contribution < 1.29 is 108 Å². The molecule has 41 heteroatoms. The van der Waals surface area contributed by atoms with Gasteiger partial charge in [-0.25, -0.2) is 14.3 Å². The molecule has 0 spiro atoms. The number of nitrogens with one attached hydrogen (secondary N) is 8. The van der Waals surface area contributed by atoms with E-state index in [1.165, 1.54) is 0 Å². The van der Waals surface area contributed by atoms with Crippen LogP contribution in [0.4, 0.5) is 21.0 Å². The van der Waals surface area contributed by atoms with Crippen molar-refractivity contribution in [2.45, 2.75) is 161 Å². The number of thioether (sulfide) groups is 1. The van der Waals surface area contributed by atoms with E-state index in [1.807, 2.05) is 67.1 Å². The van der Waals surface area contributed by atoms with E-state index >= 15 is 0 Å². The summed E-state index contributed by atoms with van der Waals surface area (Å²) in [5.41, 5.74) is 21.8. The maximum atomic E-state index is 13.9. The fraction of sp³-hybridized carbons (Fsp3) is 0.610. The molecule has 1 aliphatic carbocycles. The van der Waals surface area contributed by atoms with Gasteiger partial charge < -0.3 is 111 Å². The molecule has 0 saturated carbocycles. The Kier molecular flexibility index (Phi) is 48.1. The second-order valence-corrected chi connectivity index (χ2v) is 31.8. The van der Waals surface area contributed by atoms with Gasteiger partial charge in [-0.3, -0.25) is 48.8 Å². The van der Waals surface area contributed by atoms with E-state index in [1.54, 1.807) is 54.2 Å². The van der Waals surface area contributed by atoms with Crippen LogP contribution in [0.25, 0.3) is 22.5 Å². The summed E-state index contributed by atoms with van der Waals surface area (Å²) in [6.45, 7) is 11.6. The third-order valence-electron chi connectivity index (χ3n) is 19.5. The molecular formula is C82H126N16O23S2. The summed E-state index contributed by atoms with van der Waals surface area (Å²) < 4.78 is 88.6. The highest BCUT2D eigenvalue weighted by molar-refractivity contribution is 8.12. The third-order valence-corrected chi connectivity index (χ3v) is 20.7. The van der Waals surface area contributed by atoms with Crippen molar-refractivity contribution in [2.24, 2.45) is 23.2 Å². The summed E-state index contributed by atoms with van der Waals surface area (Å²) in [6, 6.07) is 19.4. The van der Waals surface area contributed by atoms with Gasteiger partial charge in [-0.2, -0.15) is 8.42 Å². The zero-order chi connectivity index (χ0) is 89.2. The van der Waals surface area contributed by atoms with Crippen LogP contribution in [0, 0.1) is 5.92 Å². The van der Waals surface area contributed by atoms with Crippen LogP contribution in [0.3, 0.4) is 0 Å². The minimum atomic E-state index is -4.17. The van der Waals surface area contributed by atoms with E-state index in [4.69, 9.17) is 69.2 Å². The Morgan fingerprint density at radius 1 is 0.618 bits per heavy atom. The van der Waals surface area contributed by atoms with Crippen molar-refractivity contribution in [2.75, 3.05) is 167 Å². The maximum Gasteiger partial charge on any atom is 0.367 e. The number of primary amides is 2. The molecule has 1 aromatic heterocycles. The van der Waals surface area contributed by atoms with Crippen LogP contribution in [-0.4, -0.2) is 273 Å². The molecule has 684 valence electrons. The first-order chi connectivity index (χ1) is 59.3. The van der Waals surface area contributed by atoms with Crippen LogP contribution in [0.1, 0.15) is 135 Å². The van der Waals surface area contributed by atoms with Crippen molar-refractivity contribution in [1.82, 2.24) is 57.2 Å². The van der Waals surface area contributed by atoms with E-state index in [9.17, 15) is 56.4 Å². The number of hydrogen-bond acceptors (Lipinski definition) is 28. The number of nitrogens with zero attached hydrogens (tertiary/aromatic N) is 5. The first-order valence-corrected chi connectivity index (χ1v) is 44.5. The monoisotopic (exact) mass is 1770 g/mol. The molecule has 4 atom stereocenters. The number of aromatic nitrogens is 3. The molecule has 39 nitrogen and oxygen atoms in total. The standard InChI is InChI=1S/C82H126N16O23S2/c1-57(2)75(79(83)105)92-80(106)66(91-72(102)31-38-114-42-46-118-49-48-116-44-40-112-36-14-21-69(99)89-53-74(104)97-54-60-15-6-7-16-63(60)78-76(94-95-98(78)58(3)4)64-17-8-9-19-67(64)97)18-10-12-32-87-73(103)56-120-68-29-27-62(96(81(84)107)35-13-11-20-71(101)90-61-24-22-59(23-25-61)55-121-82(108)122-5)26-28-65(77(68)93-85)86-33-39-115-43-47-119-51-50-117-45-41-113-37-30-70(100)88-34-52-123(109,110)111/h6-9,15-17,19,22-25,57-58,62,66,68,75,86,93H,10-14,18,20-21,26-56,85H2,1-5H3,(H2,83,105)(H2,84,107)(H,87,103)(H,88,100)(H,89,99)(H,90,101)(H,91,102)(H,92,106)(H,109,110,111)/b77-65-/t62?,66-,68?,75+/m1/s1. The van der Waals surface area contributed by atoms with Crippen molar-refractivity contribution >= 4 is 91.8 Å². The Bertz CT molecular complexity index is 4090. The lowest BCUT2D eigenvalue weighted by molar-refractivity contribution is -0.132. The summed E-state index contributed by atoms with van der Waals surface area (Å²) in [5, 5.41) is 28.4. The van der Waals surface area contributed by atoms with Gasteiger partial charge in [0.1, 0.15) is 37.1 Å². The largest absolute Gasteiger partial charge is 0.453 e. The molecule has 6 rings (SSSR count). The number of amides is 10. The van der Waals surface area contributed by atoms with Crippen molar-refractivity contribution in [1.29, 1.82) is 0 Å². The lowest BCUT2D eigenvalue weighted by Gasteiger charge is -2.35. The number of fused-ring (bicyclic) bond motifs is 5. The molecule has 0 radical (unpaired) electrons. The second kappa shape index (κ2) is 57.8. The number of nitrogens with two attached hydrogens (primary N) is 3. The second-order valence-electron chi connectivity index (χ2n) is 29.5. The highest BCUT2D eigenvalue weighted by Crippen LogP contribution is 2.42. The predicted molar refractivity (Wildman–Crippen MR) is 458 cm³/mol. The minimum absolute atomic E-state index is 0.00800. The van der Waals surface area contributed by atoms with E-state index in [0.717, 1.165) is 39.7 Å². The fourth-order valence-electron chi connectivity index (χ4n) is 13.1. The zero-order valence-corrected chi connectivity index (χ0v) is 72.8. The van der Waals surface area contributed by atoms with E-state index in [-0.39, 0.29) is 187 Å². The molecule has 0 saturated heterocycles. The molecule has 1 aliphatic heterocycles. The highest BCUT2D eigenvalue weighted by Gasteiger charge is 2.33. The van der Waals surface area contributed by atoms with Crippen LogP contribution in [0.5, 0.6) is 0 Å². The summed E-state index contributed by atoms with van der Waals surface area (Å²) in [5.74, 6) is 1.80. The average molecular weight is 1770 g/mol. The Morgan fingerprint density at radius 2 is 1.21 bits per heavy atom. The van der Waals surface area contributed by atoms with Crippen LogP contribution in [0.2, 0.25) is 0 Å². The molecule has 0 fully saturated rings. The first-order valence-electron chi connectivity index (χ1n) is 41.7. The van der Waals surface area contributed by atoms with Gasteiger partial charge in [0, 0.05) is 93.1 Å². The number of urea groups is 1. The molecule has 4 aromatic rings. The molecule has 2 aliphatic rings. The van der Waals surface area contributed by atoms with E-state index < -0.39 is 81.5 Å². The quantitative estimate of drug-likeness (QED) is 0.00976. The molecule has 123 heavy (non-hydrogen) atoms. The average Bonchev–Trinajstić information content (AvgIpc) is 1.65. The Morgan fingerprint density at radius 3 is 1.83 bits per heavy atom. The molecule has 15 N–H and O–H groups in total. The number of carbonyl (C=O) groups is 10. The summed E-state index contributed by atoms with van der Waals surface area (Å²) in [4.78, 5) is 132. The van der Waals surface area contributed by atoms with Crippen LogP contribution < -0.4 is 64.9 Å². The number of rotatable bonds is 61. The molecule has 3 aromatic carbocycles. The summed E-state index contributed by atoms with van der Waals surface area (Å²) >= 11 is 0.969. The van der Waals surface area contributed by atoms with Gasteiger partial charge in [-0.05, 0) is 131 Å². The Labute approximate surface area is 723 Å². The van der Waals surface area contributed by atoms with Gasteiger partial charge in [-0.1, -0.05) is 73.7 Å². The van der Waals surface area contributed by atoms with Crippen molar-refractivity contribution in [3.63, 3.8) is 0 Å². The number of allylic oxidation sites excluding steroid dienone is 1. The van der Waals surface area contributed by atoms with Crippen LogP contribution in [0.15, 0.2) is 84.2 Å². The van der Waals surface area contributed by atoms with E-state index in [2.05, 4.69) is 53.0 Å². The Balaban J connectivity index is 0.879. The fourth-order valence-corrected chi connectivity index (χ4v) is 13.7. The summed E-state index contributed by atoms with van der Waals surface area (Å²) in [7, 11) is -4.17. The highest BCUT2D eigenvalue weighted by atomic mass is 32.2. The molecule has 2 unspecified atom stereocenters. The minimum Gasteiger partial charge on any atom is -0.453 e. The number of hydrazine groups is 1. The topological polar surface area (TPSA) is 529 Å². The Hall–Kier alpha value is -9.50. The number of unbranched alkanes of at least 4 members (excludes halogenated alkanes) is 2. The number of ether oxygens (including phenoxy) is 10. The maximum absolute atomic E-state index is 13.9. The molecular weight excluding hydrogens is 1640 g/mol. The third kappa shape index (κ3) is 39.5. The lowest BCUT2D eigenvalue weighted by Crippen LogP contribution is -2.54. The van der Waals surface area contributed by atoms with Gasteiger partial charge in [0.25, 0.3) is 10.1 Å². The van der Waals surface area contributed by atoms with Crippen LogP contribution in [-0.2, 0) is 109 Å². The number of hydrogen-bond donors (Lipinski definition) is 12. The normalized spacial score (nSPS) is 15.0. The molecule has 0 bridgehead atoms. The van der Waals surface area contributed by atoms with E-state index in [0.29, 0.717) is 119 Å². The van der Waals surface area contributed by atoms with Crippen LogP contribution >= 0.6 is 11.8 Å². The predicted octanol–water partition coefficient (Wildman–Crippen LogP) is 4.03.